The van der Waals surface area contributed by atoms with Crippen molar-refractivity contribution in [2.24, 2.45) is 5.92 Å². The number of amides is 1. The summed E-state index contributed by atoms with van der Waals surface area (Å²) in [6.45, 7) is 1.76. The lowest BCUT2D eigenvalue weighted by molar-refractivity contribution is -0.142. The summed E-state index contributed by atoms with van der Waals surface area (Å²) in [5, 5.41) is 9.33. The number of carboxylic acids is 1. The fourth-order valence-electron chi connectivity index (χ4n) is 2.75. The molecule has 100 valence electrons. The van der Waals surface area contributed by atoms with Gasteiger partial charge in [-0.15, -0.1) is 0 Å². The van der Waals surface area contributed by atoms with Gasteiger partial charge in [0.05, 0.1) is 17.7 Å². The maximum atomic E-state index is 12.1. The summed E-state index contributed by atoms with van der Waals surface area (Å²) >= 11 is 0. The molecular weight excluding hydrogens is 246 g/mol. The maximum absolute atomic E-state index is 12.1. The summed E-state index contributed by atoms with van der Waals surface area (Å²) in [5.74, 6) is -1.12. The zero-order valence-corrected chi connectivity index (χ0v) is 10.6. The van der Waals surface area contributed by atoms with Crippen LogP contribution in [0.2, 0.25) is 0 Å². The predicted octanol–water partition coefficient (Wildman–Crippen LogP) is 0.922. The van der Waals surface area contributed by atoms with Crippen LogP contribution in [0.25, 0.3) is 0 Å². The van der Waals surface area contributed by atoms with Crippen molar-refractivity contribution in [2.75, 3.05) is 0 Å². The van der Waals surface area contributed by atoms with Gasteiger partial charge in [0.15, 0.2) is 0 Å². The second-order valence-electron chi connectivity index (χ2n) is 5.15. The summed E-state index contributed by atoms with van der Waals surface area (Å²) in [6, 6.07) is 1.46. The summed E-state index contributed by atoms with van der Waals surface area (Å²) in [6.07, 6.45) is 3.60. The highest BCUT2D eigenvalue weighted by Crippen LogP contribution is 2.44. The highest BCUT2D eigenvalue weighted by Gasteiger charge is 2.50. The van der Waals surface area contributed by atoms with Crippen molar-refractivity contribution in [2.45, 2.75) is 38.3 Å². The first-order chi connectivity index (χ1) is 9.08. The molecule has 6 nitrogen and oxygen atoms in total. The molecule has 2 aliphatic rings. The highest BCUT2D eigenvalue weighted by molar-refractivity contribution is 5.87. The van der Waals surface area contributed by atoms with E-state index in [1.165, 1.54) is 0 Å². The number of carboxylic acid groups (broad SMARTS) is 1. The Morgan fingerprint density at radius 2 is 2.21 bits per heavy atom. The molecule has 2 heterocycles. The minimum absolute atomic E-state index is 0.0690. The van der Waals surface area contributed by atoms with Crippen molar-refractivity contribution < 1.29 is 14.7 Å². The number of rotatable bonds is 3. The maximum Gasteiger partial charge on any atom is 0.309 e. The largest absolute Gasteiger partial charge is 0.481 e. The Morgan fingerprint density at radius 3 is 2.79 bits per heavy atom. The lowest BCUT2D eigenvalue weighted by Gasteiger charge is -2.26. The van der Waals surface area contributed by atoms with Gasteiger partial charge in [-0.25, -0.2) is 9.97 Å². The molecule has 2 fully saturated rings. The van der Waals surface area contributed by atoms with E-state index >= 15 is 0 Å². The molecule has 1 aliphatic heterocycles. The number of likely N-dealkylation sites (tertiary alicyclic amines) is 1. The first-order valence-corrected chi connectivity index (χ1v) is 6.41. The first-order valence-electron chi connectivity index (χ1n) is 6.41. The lowest BCUT2D eigenvalue weighted by atomic mass is 9.97. The number of carbonyl (C=O) groups excluding carboxylic acids is 1. The van der Waals surface area contributed by atoms with Crippen LogP contribution in [0.1, 0.15) is 36.8 Å². The average molecular weight is 261 g/mol. The Morgan fingerprint density at radius 1 is 1.47 bits per heavy atom. The van der Waals surface area contributed by atoms with E-state index in [4.69, 9.17) is 0 Å². The van der Waals surface area contributed by atoms with Gasteiger partial charge in [0.25, 0.3) is 0 Å². The fourth-order valence-corrected chi connectivity index (χ4v) is 2.75. The Labute approximate surface area is 110 Å². The normalized spacial score (nSPS) is 26.8. The predicted molar refractivity (Wildman–Crippen MR) is 65.1 cm³/mol. The van der Waals surface area contributed by atoms with Crippen molar-refractivity contribution in [3.63, 3.8) is 0 Å². The zero-order valence-electron chi connectivity index (χ0n) is 10.6. The molecule has 1 aromatic rings. The average Bonchev–Trinajstić information content (AvgIpc) is 3.12. The molecule has 2 unspecified atom stereocenters. The third-order valence-electron chi connectivity index (χ3n) is 3.72. The van der Waals surface area contributed by atoms with Gasteiger partial charge in [0, 0.05) is 18.7 Å². The minimum atomic E-state index is -0.933. The van der Waals surface area contributed by atoms with Crippen LogP contribution in [-0.2, 0) is 9.59 Å². The second-order valence-corrected chi connectivity index (χ2v) is 5.15. The van der Waals surface area contributed by atoms with Crippen molar-refractivity contribution in [3.8, 4) is 0 Å². The van der Waals surface area contributed by atoms with Crippen LogP contribution in [0.3, 0.4) is 0 Å². The molecule has 0 aromatic carbocycles. The number of aryl methyl sites for hydroxylation is 1. The molecule has 1 aromatic heterocycles. The molecule has 0 radical (unpaired) electrons. The van der Waals surface area contributed by atoms with Crippen molar-refractivity contribution in [1.29, 1.82) is 0 Å². The SMILES string of the molecule is Cc1nccc(C2C(C(=O)O)CC(=O)N2C2CC2)n1. The molecule has 3 rings (SSSR count). The third-order valence-corrected chi connectivity index (χ3v) is 3.72. The summed E-state index contributed by atoms with van der Waals surface area (Å²) in [7, 11) is 0. The number of hydrogen-bond donors (Lipinski definition) is 1. The molecule has 6 heteroatoms. The Balaban J connectivity index is 2.01. The summed E-state index contributed by atoms with van der Waals surface area (Å²) < 4.78 is 0. The van der Waals surface area contributed by atoms with Gasteiger partial charge in [0.1, 0.15) is 5.82 Å². The standard InChI is InChI=1S/C13H15N3O3/c1-7-14-5-4-10(15-7)12-9(13(18)19)6-11(17)16(12)8-2-3-8/h4-5,8-9,12H,2-3,6H2,1H3,(H,18,19). The summed E-state index contributed by atoms with van der Waals surface area (Å²) in [4.78, 5) is 33.5. The molecule has 1 saturated heterocycles. The molecule has 2 atom stereocenters. The van der Waals surface area contributed by atoms with Gasteiger partial charge in [-0.2, -0.15) is 0 Å². The molecule has 1 N–H and O–H groups in total. The Hall–Kier alpha value is -1.98. The van der Waals surface area contributed by atoms with E-state index in [1.807, 2.05) is 0 Å². The lowest BCUT2D eigenvalue weighted by Crippen LogP contribution is -2.33. The van der Waals surface area contributed by atoms with Crippen LogP contribution in [0.5, 0.6) is 0 Å². The third kappa shape index (κ3) is 2.07. The van der Waals surface area contributed by atoms with Crippen molar-refractivity contribution in [3.05, 3.63) is 23.8 Å². The van der Waals surface area contributed by atoms with Crippen LogP contribution in [0.15, 0.2) is 12.3 Å². The van der Waals surface area contributed by atoms with E-state index in [-0.39, 0.29) is 18.4 Å². The van der Waals surface area contributed by atoms with E-state index in [9.17, 15) is 14.7 Å². The summed E-state index contributed by atoms with van der Waals surface area (Å²) in [5.41, 5.74) is 0.637. The van der Waals surface area contributed by atoms with Crippen LogP contribution >= 0.6 is 0 Å². The number of aliphatic carboxylic acids is 1. The van der Waals surface area contributed by atoms with Crippen molar-refractivity contribution in [1.82, 2.24) is 14.9 Å². The smallest absolute Gasteiger partial charge is 0.309 e. The van der Waals surface area contributed by atoms with Gasteiger partial charge in [-0.05, 0) is 25.8 Å². The van der Waals surface area contributed by atoms with Crippen LogP contribution in [-0.4, -0.2) is 37.9 Å². The van der Waals surface area contributed by atoms with E-state index in [2.05, 4.69) is 9.97 Å². The van der Waals surface area contributed by atoms with E-state index in [1.54, 1.807) is 24.1 Å². The number of hydrogen-bond acceptors (Lipinski definition) is 4. The van der Waals surface area contributed by atoms with E-state index in [0.717, 1.165) is 12.8 Å². The quantitative estimate of drug-likeness (QED) is 0.874. The fraction of sp³-hybridized carbons (Fsp3) is 0.538. The monoisotopic (exact) mass is 261 g/mol. The Bertz CT molecular complexity index is 542. The van der Waals surface area contributed by atoms with Gasteiger partial charge < -0.3 is 10.0 Å². The van der Waals surface area contributed by atoms with Gasteiger partial charge >= 0.3 is 5.97 Å². The van der Waals surface area contributed by atoms with Gasteiger partial charge in [-0.1, -0.05) is 0 Å². The second kappa shape index (κ2) is 4.29. The van der Waals surface area contributed by atoms with Crippen molar-refractivity contribution >= 4 is 11.9 Å². The molecule has 0 bridgehead atoms. The Kier molecular flexibility index (Phi) is 2.73. The minimum Gasteiger partial charge on any atom is -0.481 e. The first kappa shape index (κ1) is 12.1. The topological polar surface area (TPSA) is 83.4 Å². The van der Waals surface area contributed by atoms with Crippen LogP contribution < -0.4 is 0 Å². The van der Waals surface area contributed by atoms with Crippen LogP contribution in [0.4, 0.5) is 0 Å². The highest BCUT2D eigenvalue weighted by atomic mass is 16.4. The zero-order chi connectivity index (χ0) is 13.6. The molecule has 1 saturated carbocycles. The molecule has 19 heavy (non-hydrogen) atoms. The molecular formula is C13H15N3O3. The molecule has 0 spiro atoms. The molecule has 1 aliphatic carbocycles. The van der Waals surface area contributed by atoms with E-state index in [0.29, 0.717) is 11.5 Å². The number of nitrogens with zero attached hydrogens (tertiary/aromatic N) is 3. The van der Waals surface area contributed by atoms with Crippen LogP contribution in [0, 0.1) is 12.8 Å². The number of aromatic nitrogens is 2. The molecule has 1 amide bonds. The van der Waals surface area contributed by atoms with Gasteiger partial charge in [0.2, 0.25) is 5.91 Å². The van der Waals surface area contributed by atoms with Gasteiger partial charge in [-0.3, -0.25) is 9.59 Å². The van der Waals surface area contributed by atoms with E-state index < -0.39 is 17.9 Å². The number of carbonyl (C=O) groups is 2.